The van der Waals surface area contributed by atoms with E-state index in [1.54, 1.807) is 24.3 Å². The Kier molecular flexibility index (Phi) is 13.0. The molecule has 1 unspecified atom stereocenters. The van der Waals surface area contributed by atoms with Crippen LogP contribution in [0.5, 0.6) is 5.75 Å². The number of aromatic nitrogens is 1. The standard InChI is InChI=1S/C46H47N5O6/c52-41(38-19-21-42(44-39(38)20-22-43(53)50-44)56-31-33-9-3-1-4-10-33)30-47-29-32-15-17-35(18-16-32)45(54)48-25-28-51-26-23-36(24-27-51)57-46(55)49-40-14-8-7-13-37(40)34-11-5-2-6-12-34/h1-22,36,41,47,52H,23-31H2,(H,48,54)(H,49,55)(H,50,53). The summed E-state index contributed by atoms with van der Waals surface area (Å²) in [6.45, 7) is 3.88. The van der Waals surface area contributed by atoms with Gasteiger partial charge in [-0.3, -0.25) is 14.9 Å². The van der Waals surface area contributed by atoms with Gasteiger partial charge >= 0.3 is 6.09 Å². The molecule has 0 spiro atoms. The van der Waals surface area contributed by atoms with E-state index in [0.717, 1.165) is 48.2 Å². The van der Waals surface area contributed by atoms with Crippen molar-refractivity contribution in [2.75, 3.05) is 38.0 Å². The highest BCUT2D eigenvalue weighted by Crippen LogP contribution is 2.31. The zero-order chi connectivity index (χ0) is 39.4. The number of para-hydroxylation sites is 1. The molecule has 1 aromatic heterocycles. The number of likely N-dealkylation sites (tertiary alicyclic amines) is 1. The molecule has 0 bridgehead atoms. The van der Waals surface area contributed by atoms with Crippen molar-refractivity contribution in [2.24, 2.45) is 0 Å². The van der Waals surface area contributed by atoms with Crippen LogP contribution in [0.2, 0.25) is 0 Å². The first-order valence-electron chi connectivity index (χ1n) is 19.3. The smallest absolute Gasteiger partial charge is 0.411 e. The Morgan fingerprint density at radius 2 is 1.53 bits per heavy atom. The number of amides is 2. The highest BCUT2D eigenvalue weighted by Gasteiger charge is 2.23. The molecule has 0 radical (unpaired) electrons. The predicted octanol–water partition coefficient (Wildman–Crippen LogP) is 7.04. The lowest BCUT2D eigenvalue weighted by Gasteiger charge is -2.31. The quantitative estimate of drug-likeness (QED) is 0.0749. The van der Waals surface area contributed by atoms with Gasteiger partial charge in [0.15, 0.2) is 0 Å². The second kappa shape index (κ2) is 19.1. The van der Waals surface area contributed by atoms with Gasteiger partial charge in [0.2, 0.25) is 5.56 Å². The predicted molar refractivity (Wildman–Crippen MR) is 222 cm³/mol. The first-order chi connectivity index (χ1) is 27.9. The zero-order valence-electron chi connectivity index (χ0n) is 31.7. The number of hydrogen-bond donors (Lipinski definition) is 5. The number of nitrogens with zero attached hydrogens (tertiary/aromatic N) is 1. The number of benzene rings is 5. The van der Waals surface area contributed by atoms with Gasteiger partial charge in [0.1, 0.15) is 18.5 Å². The van der Waals surface area contributed by atoms with Gasteiger partial charge in [0.05, 0.1) is 17.3 Å². The highest BCUT2D eigenvalue weighted by molar-refractivity contribution is 5.94. The molecule has 11 heteroatoms. The molecular formula is C46H47N5O6. The summed E-state index contributed by atoms with van der Waals surface area (Å²) in [4.78, 5) is 43.0. The molecule has 1 aliphatic heterocycles. The van der Waals surface area contributed by atoms with Gasteiger partial charge in [0, 0.05) is 61.8 Å². The third-order valence-electron chi connectivity index (χ3n) is 10.1. The normalized spacial score (nSPS) is 13.8. The van der Waals surface area contributed by atoms with Crippen LogP contribution in [0.25, 0.3) is 22.0 Å². The second-order valence-electron chi connectivity index (χ2n) is 14.1. The number of rotatable bonds is 15. The van der Waals surface area contributed by atoms with E-state index < -0.39 is 12.2 Å². The lowest BCUT2D eigenvalue weighted by Crippen LogP contribution is -2.42. The van der Waals surface area contributed by atoms with E-state index in [1.165, 1.54) is 6.07 Å². The lowest BCUT2D eigenvalue weighted by atomic mass is 10.0. The minimum Gasteiger partial charge on any atom is -0.487 e. The van der Waals surface area contributed by atoms with Crippen molar-refractivity contribution in [3.8, 4) is 16.9 Å². The van der Waals surface area contributed by atoms with Crippen molar-refractivity contribution in [2.45, 2.75) is 38.2 Å². The Hall–Kier alpha value is -6.27. The van der Waals surface area contributed by atoms with Gasteiger partial charge < -0.3 is 35.1 Å². The molecule has 6 aromatic rings. The molecule has 0 saturated carbocycles. The summed E-state index contributed by atoms with van der Waals surface area (Å²) in [6.07, 6.45) is -0.00852. The molecule has 1 atom stereocenters. The molecule has 0 aliphatic carbocycles. The summed E-state index contributed by atoms with van der Waals surface area (Å²) in [5.41, 5.74) is 6.18. The van der Waals surface area contributed by atoms with Crippen molar-refractivity contribution >= 4 is 28.6 Å². The first kappa shape index (κ1) is 39.0. The summed E-state index contributed by atoms with van der Waals surface area (Å²) < 4.78 is 11.8. The summed E-state index contributed by atoms with van der Waals surface area (Å²) >= 11 is 0. The van der Waals surface area contributed by atoms with E-state index in [1.807, 2.05) is 103 Å². The third-order valence-corrected chi connectivity index (χ3v) is 10.1. The Morgan fingerprint density at radius 3 is 2.30 bits per heavy atom. The second-order valence-corrected chi connectivity index (χ2v) is 14.1. The van der Waals surface area contributed by atoms with Crippen LogP contribution in [-0.2, 0) is 17.9 Å². The highest BCUT2D eigenvalue weighted by atomic mass is 16.6. The van der Waals surface area contributed by atoms with Crippen molar-refractivity contribution < 1.29 is 24.2 Å². The van der Waals surface area contributed by atoms with E-state index in [9.17, 15) is 19.5 Å². The number of pyridine rings is 1. The number of fused-ring (bicyclic) bond motifs is 1. The topological polar surface area (TPSA) is 145 Å². The maximum absolute atomic E-state index is 12.9. The molecule has 5 N–H and O–H groups in total. The van der Waals surface area contributed by atoms with Crippen LogP contribution >= 0.6 is 0 Å². The van der Waals surface area contributed by atoms with Gasteiger partial charge in [0.25, 0.3) is 5.91 Å². The summed E-state index contributed by atoms with van der Waals surface area (Å²) in [5.74, 6) is 0.395. The van der Waals surface area contributed by atoms with Gasteiger partial charge in [-0.15, -0.1) is 0 Å². The lowest BCUT2D eigenvalue weighted by molar-refractivity contribution is 0.0587. The molecule has 7 rings (SSSR count). The van der Waals surface area contributed by atoms with Crippen molar-refractivity contribution in [1.29, 1.82) is 0 Å². The van der Waals surface area contributed by atoms with Crippen molar-refractivity contribution in [3.63, 3.8) is 0 Å². The van der Waals surface area contributed by atoms with Gasteiger partial charge in [-0.05, 0) is 65.4 Å². The van der Waals surface area contributed by atoms with Crippen LogP contribution < -0.4 is 26.2 Å². The van der Waals surface area contributed by atoms with E-state index in [4.69, 9.17) is 9.47 Å². The number of anilines is 1. The number of ether oxygens (including phenoxy) is 2. The van der Waals surface area contributed by atoms with Crippen molar-refractivity contribution in [1.82, 2.24) is 20.5 Å². The molecule has 1 aliphatic rings. The number of carbonyl (C=O) groups is 2. The maximum Gasteiger partial charge on any atom is 0.411 e. The first-order valence-corrected chi connectivity index (χ1v) is 19.3. The number of aliphatic hydroxyl groups is 1. The van der Waals surface area contributed by atoms with Crippen LogP contribution in [0.4, 0.5) is 10.5 Å². The number of nitrogens with one attached hydrogen (secondary N) is 4. The minimum absolute atomic E-state index is 0.142. The average Bonchev–Trinajstić information content (AvgIpc) is 3.24. The molecule has 57 heavy (non-hydrogen) atoms. The van der Waals surface area contributed by atoms with Gasteiger partial charge in [-0.25, -0.2) is 4.79 Å². The maximum atomic E-state index is 12.9. The molecule has 1 saturated heterocycles. The van der Waals surface area contributed by atoms with E-state index >= 15 is 0 Å². The van der Waals surface area contributed by atoms with Crippen LogP contribution in [0.3, 0.4) is 0 Å². The summed E-state index contributed by atoms with van der Waals surface area (Å²) in [5, 5.41) is 21.1. The number of hydrogen-bond acceptors (Lipinski definition) is 8. The monoisotopic (exact) mass is 765 g/mol. The van der Waals surface area contributed by atoms with Crippen LogP contribution in [0.1, 0.15) is 46.0 Å². The zero-order valence-corrected chi connectivity index (χ0v) is 31.7. The number of aromatic amines is 1. The SMILES string of the molecule is O=C(Nc1ccccc1-c1ccccc1)OC1CCN(CCNC(=O)c2ccc(CNCC(O)c3ccc(OCc4ccccc4)c4[nH]c(=O)ccc34)cc2)CC1. The van der Waals surface area contributed by atoms with E-state index in [-0.39, 0.29) is 24.1 Å². The number of piperidine rings is 1. The van der Waals surface area contributed by atoms with Gasteiger partial charge in [-0.1, -0.05) is 97.1 Å². The average molecular weight is 766 g/mol. The molecule has 11 nitrogen and oxygen atoms in total. The molecule has 2 heterocycles. The largest absolute Gasteiger partial charge is 0.487 e. The Bertz CT molecular complexity index is 2310. The van der Waals surface area contributed by atoms with Crippen LogP contribution in [0, 0.1) is 0 Å². The summed E-state index contributed by atoms with van der Waals surface area (Å²) in [7, 11) is 0. The van der Waals surface area contributed by atoms with E-state index in [0.29, 0.717) is 59.7 Å². The number of carbonyl (C=O) groups excluding carboxylic acids is 2. The fourth-order valence-corrected chi connectivity index (χ4v) is 7.06. The summed E-state index contributed by atoms with van der Waals surface area (Å²) in [6, 6.07) is 41.5. The molecule has 5 aromatic carbocycles. The Morgan fingerprint density at radius 1 is 0.807 bits per heavy atom. The minimum atomic E-state index is -0.835. The fraction of sp³-hybridized carbons (Fsp3) is 0.239. The molecular weight excluding hydrogens is 719 g/mol. The van der Waals surface area contributed by atoms with Gasteiger partial charge in [-0.2, -0.15) is 0 Å². The van der Waals surface area contributed by atoms with Crippen molar-refractivity contribution in [3.05, 3.63) is 166 Å². The number of H-pyrrole nitrogens is 1. The number of aliphatic hydroxyl groups excluding tert-OH is 1. The Balaban J connectivity index is 0.813. The molecule has 292 valence electrons. The molecule has 2 amide bonds. The third kappa shape index (κ3) is 10.5. The molecule has 1 fully saturated rings. The fourth-order valence-electron chi connectivity index (χ4n) is 7.06. The van der Waals surface area contributed by atoms with E-state index in [2.05, 4.69) is 25.8 Å². The Labute approximate surface area is 331 Å². The van der Waals surface area contributed by atoms with Crippen LogP contribution in [-0.4, -0.2) is 65.8 Å². The van der Waals surface area contributed by atoms with Crippen LogP contribution in [0.15, 0.2) is 138 Å².